The van der Waals surface area contributed by atoms with Crippen LogP contribution in [0.1, 0.15) is 75.6 Å². The predicted molar refractivity (Wildman–Crippen MR) is 114 cm³/mol. The molecule has 0 spiro atoms. The number of nitrogens with one attached hydrogen (secondary N) is 1. The van der Waals surface area contributed by atoms with E-state index in [1.54, 1.807) is 0 Å². The molecule has 1 heterocycles. The first-order valence-electron chi connectivity index (χ1n) is 10.8. The molecule has 9 nitrogen and oxygen atoms in total. The third-order valence-corrected chi connectivity index (χ3v) is 4.33. The monoisotopic (exact) mass is 438 g/mol. The van der Waals surface area contributed by atoms with Gasteiger partial charge >= 0.3 is 18.0 Å². The summed E-state index contributed by atoms with van der Waals surface area (Å²) in [5.74, 6) is -1.13. The fourth-order valence-electron chi connectivity index (χ4n) is 2.55. The van der Waals surface area contributed by atoms with Gasteiger partial charge in [-0.1, -0.05) is 52.4 Å². The number of aromatic nitrogens is 1. The van der Waals surface area contributed by atoms with Gasteiger partial charge in [0.15, 0.2) is 5.75 Å². The number of esters is 2. The molecule has 0 radical (unpaired) electrons. The van der Waals surface area contributed by atoms with E-state index < -0.39 is 18.0 Å². The van der Waals surface area contributed by atoms with Crippen molar-refractivity contribution in [2.75, 3.05) is 26.9 Å². The van der Waals surface area contributed by atoms with E-state index in [9.17, 15) is 14.4 Å². The Kier molecular flexibility index (Phi) is 13.5. The molecular formula is C22H34N2O7. The Balaban J connectivity index is 2.38. The normalized spacial score (nSPS) is 10.3. The minimum atomic E-state index is -0.888. The van der Waals surface area contributed by atoms with Gasteiger partial charge < -0.3 is 24.3 Å². The summed E-state index contributed by atoms with van der Waals surface area (Å²) < 4.78 is 20.4. The first-order valence-corrected chi connectivity index (χ1v) is 10.8. The van der Waals surface area contributed by atoms with Crippen LogP contribution in [0.2, 0.25) is 0 Å². The van der Waals surface area contributed by atoms with Gasteiger partial charge in [-0.2, -0.15) is 0 Å². The Morgan fingerprint density at radius 2 is 1.61 bits per heavy atom. The van der Waals surface area contributed by atoms with Crippen LogP contribution in [0.3, 0.4) is 0 Å². The number of carbonyl (C=O) groups excluding carboxylic acids is 3. The van der Waals surface area contributed by atoms with Crippen LogP contribution >= 0.6 is 0 Å². The molecule has 1 N–H and O–H groups in total. The van der Waals surface area contributed by atoms with Gasteiger partial charge in [0.2, 0.25) is 0 Å². The second kappa shape index (κ2) is 15.9. The molecule has 1 aromatic rings. The van der Waals surface area contributed by atoms with E-state index in [0.717, 1.165) is 32.1 Å². The maximum Gasteiger partial charge on any atom is 0.414 e. The summed E-state index contributed by atoms with van der Waals surface area (Å²) in [7, 11) is 1.35. The molecule has 0 saturated carbocycles. The highest BCUT2D eigenvalue weighted by molar-refractivity contribution is 5.89. The Labute approximate surface area is 183 Å². The molecule has 31 heavy (non-hydrogen) atoms. The Morgan fingerprint density at radius 3 is 2.32 bits per heavy atom. The van der Waals surface area contributed by atoms with Gasteiger partial charge in [0.25, 0.3) is 5.88 Å². The topological polar surface area (TPSA) is 113 Å². The highest BCUT2D eigenvalue weighted by Gasteiger charge is 2.17. The van der Waals surface area contributed by atoms with Crippen LogP contribution in [-0.4, -0.2) is 49.9 Å². The number of pyridine rings is 1. The number of carbonyl (C=O) groups is 3. The summed E-state index contributed by atoms with van der Waals surface area (Å²) >= 11 is 0. The minimum absolute atomic E-state index is 0.0886. The van der Waals surface area contributed by atoms with Crippen LogP contribution in [0.25, 0.3) is 0 Å². The molecule has 0 unspecified atom stereocenters. The Morgan fingerprint density at radius 1 is 0.935 bits per heavy atom. The second-order valence-electron chi connectivity index (χ2n) is 6.95. The number of hydrogen-bond donors (Lipinski definition) is 1. The van der Waals surface area contributed by atoms with Gasteiger partial charge in [-0.05, 0) is 12.8 Å². The molecule has 0 atom stereocenters. The van der Waals surface area contributed by atoms with Crippen molar-refractivity contribution in [3.05, 3.63) is 17.8 Å². The van der Waals surface area contributed by atoms with Crippen molar-refractivity contribution >= 4 is 18.0 Å². The fraction of sp³-hybridized carbons (Fsp3) is 0.636. The van der Waals surface area contributed by atoms with Crippen molar-refractivity contribution in [2.45, 2.75) is 65.2 Å². The van der Waals surface area contributed by atoms with Crippen molar-refractivity contribution in [2.24, 2.45) is 0 Å². The standard InChI is InChI=1S/C22H34N2O7/c1-4-6-8-9-10-11-13-29-19(25)16-24-22(27)31-20-18(28-3)14-17(15-23-20)21(26)30-12-7-5-2/h14-15H,4-13,16H2,1-3H3,(H,24,27). The molecular weight excluding hydrogens is 404 g/mol. The molecule has 0 aliphatic heterocycles. The number of ether oxygens (including phenoxy) is 4. The van der Waals surface area contributed by atoms with E-state index in [4.69, 9.17) is 18.9 Å². The highest BCUT2D eigenvalue weighted by atomic mass is 16.6. The van der Waals surface area contributed by atoms with Crippen LogP contribution in [0, 0.1) is 0 Å². The lowest BCUT2D eigenvalue weighted by Gasteiger charge is -2.10. The van der Waals surface area contributed by atoms with Crippen LogP contribution in [-0.2, 0) is 14.3 Å². The van der Waals surface area contributed by atoms with Gasteiger partial charge in [-0.15, -0.1) is 0 Å². The zero-order valence-electron chi connectivity index (χ0n) is 18.7. The van der Waals surface area contributed by atoms with Crippen LogP contribution < -0.4 is 14.8 Å². The molecule has 0 aliphatic rings. The number of rotatable bonds is 15. The zero-order valence-corrected chi connectivity index (χ0v) is 18.7. The van der Waals surface area contributed by atoms with Crippen molar-refractivity contribution in [1.82, 2.24) is 10.3 Å². The van der Waals surface area contributed by atoms with E-state index in [1.165, 1.54) is 38.6 Å². The second-order valence-corrected chi connectivity index (χ2v) is 6.95. The molecule has 0 fully saturated rings. The van der Waals surface area contributed by atoms with Crippen molar-refractivity contribution < 1.29 is 33.3 Å². The van der Waals surface area contributed by atoms with E-state index in [-0.39, 0.29) is 23.7 Å². The smallest absolute Gasteiger partial charge is 0.414 e. The highest BCUT2D eigenvalue weighted by Crippen LogP contribution is 2.25. The van der Waals surface area contributed by atoms with Crippen molar-refractivity contribution in [3.8, 4) is 11.6 Å². The number of nitrogens with zero attached hydrogens (tertiary/aromatic N) is 1. The minimum Gasteiger partial charge on any atom is -0.491 e. The largest absolute Gasteiger partial charge is 0.491 e. The molecule has 0 bridgehead atoms. The summed E-state index contributed by atoms with van der Waals surface area (Å²) in [6.07, 6.45) is 8.54. The SMILES string of the molecule is CCCCCCCCOC(=O)CNC(=O)Oc1ncc(C(=O)OCCCC)cc1OC. The Bertz CT molecular complexity index is 694. The lowest BCUT2D eigenvalue weighted by atomic mass is 10.1. The zero-order chi connectivity index (χ0) is 22.9. The third-order valence-electron chi connectivity index (χ3n) is 4.33. The van der Waals surface area contributed by atoms with Crippen molar-refractivity contribution in [3.63, 3.8) is 0 Å². The van der Waals surface area contributed by atoms with Crippen molar-refractivity contribution in [1.29, 1.82) is 0 Å². The average molecular weight is 439 g/mol. The lowest BCUT2D eigenvalue weighted by molar-refractivity contribution is -0.142. The molecule has 1 amide bonds. The maximum absolute atomic E-state index is 12.0. The quantitative estimate of drug-likeness (QED) is 0.322. The van der Waals surface area contributed by atoms with Crippen LogP contribution in [0.4, 0.5) is 4.79 Å². The molecule has 0 saturated heterocycles. The van der Waals surface area contributed by atoms with Gasteiger partial charge in [-0.3, -0.25) is 4.79 Å². The summed E-state index contributed by atoms with van der Waals surface area (Å²) in [6, 6.07) is 1.37. The summed E-state index contributed by atoms with van der Waals surface area (Å²) in [5, 5.41) is 2.30. The van der Waals surface area contributed by atoms with Gasteiger partial charge in [0.1, 0.15) is 6.54 Å². The third kappa shape index (κ3) is 11.2. The van der Waals surface area contributed by atoms with E-state index >= 15 is 0 Å². The molecule has 0 aromatic carbocycles. The fourth-order valence-corrected chi connectivity index (χ4v) is 2.55. The van der Waals surface area contributed by atoms with E-state index in [2.05, 4.69) is 17.2 Å². The molecule has 174 valence electrons. The van der Waals surface area contributed by atoms with E-state index in [0.29, 0.717) is 13.2 Å². The molecule has 1 aromatic heterocycles. The molecule has 1 rings (SSSR count). The number of unbranched alkanes of at least 4 members (excludes halogenated alkanes) is 6. The van der Waals surface area contributed by atoms with Gasteiger partial charge in [-0.25, -0.2) is 14.6 Å². The van der Waals surface area contributed by atoms with Crippen LogP contribution in [0.15, 0.2) is 12.3 Å². The average Bonchev–Trinajstić information content (AvgIpc) is 2.77. The van der Waals surface area contributed by atoms with Gasteiger partial charge in [0, 0.05) is 12.3 Å². The first kappa shape index (κ1) is 26.2. The summed E-state index contributed by atoms with van der Waals surface area (Å²) in [4.78, 5) is 39.5. The Hall–Kier alpha value is -2.84. The van der Waals surface area contributed by atoms with Crippen LogP contribution in [0.5, 0.6) is 11.6 Å². The number of methoxy groups -OCH3 is 1. The first-order chi connectivity index (χ1) is 15.0. The number of hydrogen-bond acceptors (Lipinski definition) is 8. The lowest BCUT2D eigenvalue weighted by Crippen LogP contribution is -2.33. The molecule has 9 heteroatoms. The van der Waals surface area contributed by atoms with Gasteiger partial charge in [0.05, 0.1) is 25.9 Å². The number of amides is 1. The molecule has 0 aliphatic carbocycles. The summed E-state index contributed by atoms with van der Waals surface area (Å²) in [6.45, 7) is 4.47. The summed E-state index contributed by atoms with van der Waals surface area (Å²) in [5.41, 5.74) is 0.180. The van der Waals surface area contributed by atoms with E-state index in [1.807, 2.05) is 6.92 Å². The predicted octanol–water partition coefficient (Wildman–Crippen LogP) is 4.04. The maximum atomic E-state index is 12.0.